The van der Waals surface area contributed by atoms with Crippen molar-refractivity contribution in [2.75, 3.05) is 19.5 Å². The fourth-order valence-electron chi connectivity index (χ4n) is 1.59. The molecular formula is C12H12ClN3O. The predicted octanol–water partition coefficient (Wildman–Crippen LogP) is 2.85. The number of hydrogen-bond donors (Lipinski definition) is 1. The first-order valence-electron chi connectivity index (χ1n) is 5.09. The van der Waals surface area contributed by atoms with Gasteiger partial charge in [-0.1, -0.05) is 29.8 Å². The van der Waals surface area contributed by atoms with E-state index < -0.39 is 0 Å². The summed E-state index contributed by atoms with van der Waals surface area (Å²) < 4.78 is 5.33. The van der Waals surface area contributed by atoms with Crippen molar-refractivity contribution in [2.45, 2.75) is 0 Å². The number of anilines is 1. The van der Waals surface area contributed by atoms with Crippen LogP contribution >= 0.6 is 11.6 Å². The van der Waals surface area contributed by atoms with E-state index in [2.05, 4.69) is 15.3 Å². The highest BCUT2D eigenvalue weighted by atomic mass is 35.5. The third kappa shape index (κ3) is 2.17. The van der Waals surface area contributed by atoms with Crippen molar-refractivity contribution in [3.8, 4) is 17.0 Å². The van der Waals surface area contributed by atoms with Crippen molar-refractivity contribution in [1.29, 1.82) is 0 Å². The van der Waals surface area contributed by atoms with Crippen LogP contribution in [0.1, 0.15) is 0 Å². The molecule has 0 saturated heterocycles. The zero-order valence-corrected chi connectivity index (χ0v) is 10.3. The highest BCUT2D eigenvalue weighted by Gasteiger charge is 2.14. The molecule has 0 amide bonds. The van der Waals surface area contributed by atoms with E-state index in [0.29, 0.717) is 22.3 Å². The van der Waals surface area contributed by atoms with Crippen LogP contribution in [0.25, 0.3) is 11.3 Å². The molecule has 0 unspecified atom stereocenters. The molecule has 88 valence electrons. The molecule has 0 saturated carbocycles. The zero-order valence-electron chi connectivity index (χ0n) is 9.57. The summed E-state index contributed by atoms with van der Waals surface area (Å²) in [6.07, 6.45) is 1.48. The Kier molecular flexibility index (Phi) is 3.44. The van der Waals surface area contributed by atoms with E-state index in [1.807, 2.05) is 24.3 Å². The van der Waals surface area contributed by atoms with E-state index in [-0.39, 0.29) is 0 Å². The zero-order chi connectivity index (χ0) is 12.3. The van der Waals surface area contributed by atoms with Gasteiger partial charge in [0.25, 0.3) is 0 Å². The Balaban J connectivity index is 2.63. The Morgan fingerprint density at radius 3 is 2.65 bits per heavy atom. The van der Waals surface area contributed by atoms with Crippen LogP contribution in [-0.2, 0) is 0 Å². The summed E-state index contributed by atoms with van der Waals surface area (Å²) in [4.78, 5) is 8.32. The van der Waals surface area contributed by atoms with Gasteiger partial charge in [0.2, 0.25) is 0 Å². The second kappa shape index (κ2) is 5.01. The molecule has 0 fully saturated rings. The topological polar surface area (TPSA) is 47.0 Å². The second-order valence-electron chi connectivity index (χ2n) is 3.33. The largest absolute Gasteiger partial charge is 0.491 e. The molecule has 0 aliphatic heterocycles. The number of hydrogen-bond acceptors (Lipinski definition) is 4. The third-order valence-corrected chi connectivity index (χ3v) is 2.70. The first-order chi connectivity index (χ1) is 8.27. The van der Waals surface area contributed by atoms with Crippen LogP contribution in [0, 0.1) is 0 Å². The Hall–Kier alpha value is -1.81. The molecule has 2 aromatic rings. The van der Waals surface area contributed by atoms with Crippen molar-refractivity contribution < 1.29 is 4.74 Å². The van der Waals surface area contributed by atoms with Crippen molar-refractivity contribution >= 4 is 17.4 Å². The molecule has 5 heteroatoms. The van der Waals surface area contributed by atoms with E-state index in [0.717, 1.165) is 5.56 Å². The van der Waals surface area contributed by atoms with Gasteiger partial charge in [-0.25, -0.2) is 9.97 Å². The maximum Gasteiger partial charge on any atom is 0.187 e. The summed E-state index contributed by atoms with van der Waals surface area (Å²) in [6.45, 7) is 0. The van der Waals surface area contributed by atoms with Crippen molar-refractivity contribution in [1.82, 2.24) is 9.97 Å². The molecule has 1 heterocycles. The molecule has 0 bridgehead atoms. The molecule has 0 aliphatic rings. The van der Waals surface area contributed by atoms with Gasteiger partial charge in [-0.05, 0) is 6.07 Å². The number of nitrogens with one attached hydrogen (secondary N) is 1. The van der Waals surface area contributed by atoms with E-state index in [4.69, 9.17) is 16.3 Å². The summed E-state index contributed by atoms with van der Waals surface area (Å²) in [7, 11) is 3.36. The van der Waals surface area contributed by atoms with Gasteiger partial charge in [-0.15, -0.1) is 0 Å². The van der Waals surface area contributed by atoms with Crippen LogP contribution in [-0.4, -0.2) is 24.1 Å². The first kappa shape index (κ1) is 11.7. The number of rotatable bonds is 3. The van der Waals surface area contributed by atoms with E-state index in [9.17, 15) is 0 Å². The summed E-state index contributed by atoms with van der Waals surface area (Å²) in [6, 6.07) is 7.49. The lowest BCUT2D eigenvalue weighted by molar-refractivity contribution is 0.415. The van der Waals surface area contributed by atoms with E-state index >= 15 is 0 Å². The van der Waals surface area contributed by atoms with Gasteiger partial charge in [0, 0.05) is 12.6 Å². The molecule has 0 radical (unpaired) electrons. The summed E-state index contributed by atoms with van der Waals surface area (Å²) in [5.74, 6) is 1.22. The molecule has 4 nitrogen and oxygen atoms in total. The molecule has 1 N–H and O–H groups in total. The van der Waals surface area contributed by atoms with Crippen molar-refractivity contribution in [3.63, 3.8) is 0 Å². The molecule has 1 aromatic carbocycles. The van der Waals surface area contributed by atoms with Crippen molar-refractivity contribution in [3.05, 3.63) is 35.6 Å². The molecule has 17 heavy (non-hydrogen) atoms. The minimum absolute atomic E-state index is 0.586. The Morgan fingerprint density at radius 1 is 1.24 bits per heavy atom. The molecule has 0 spiro atoms. The maximum atomic E-state index is 6.15. The molecule has 2 rings (SSSR count). The average molecular weight is 250 g/mol. The summed E-state index contributed by atoms with van der Waals surface area (Å²) >= 11 is 6.15. The fourth-order valence-corrected chi connectivity index (χ4v) is 1.82. The van der Waals surface area contributed by atoms with Crippen LogP contribution in [0.5, 0.6) is 5.75 Å². The third-order valence-electron chi connectivity index (χ3n) is 2.37. The average Bonchev–Trinajstić information content (AvgIpc) is 2.38. The van der Waals surface area contributed by atoms with Crippen LogP contribution in [0.2, 0.25) is 5.02 Å². The summed E-state index contributed by atoms with van der Waals surface area (Å²) in [5.41, 5.74) is 1.50. The number of benzene rings is 1. The predicted molar refractivity (Wildman–Crippen MR) is 68.6 cm³/mol. The lowest BCUT2D eigenvalue weighted by Gasteiger charge is -2.11. The maximum absolute atomic E-state index is 6.15. The monoisotopic (exact) mass is 249 g/mol. The molecule has 0 aliphatic carbocycles. The lowest BCUT2D eigenvalue weighted by atomic mass is 10.1. The fraction of sp³-hybridized carbons (Fsp3) is 0.167. The number of nitrogens with zero attached hydrogens (tertiary/aromatic N) is 2. The number of halogens is 1. The van der Waals surface area contributed by atoms with Gasteiger partial charge in [0.1, 0.15) is 12.0 Å². The Labute approximate surface area is 105 Å². The summed E-state index contributed by atoms with van der Waals surface area (Å²) in [5, 5.41) is 3.59. The van der Waals surface area contributed by atoms with Gasteiger partial charge in [0.05, 0.1) is 12.1 Å². The number of aromatic nitrogens is 2. The minimum Gasteiger partial charge on any atom is -0.491 e. The molecular weight excluding hydrogens is 238 g/mol. The Bertz CT molecular complexity index is 531. The van der Waals surface area contributed by atoms with Gasteiger partial charge in [-0.3, -0.25) is 0 Å². The number of ether oxygens (including phenoxy) is 1. The first-order valence-corrected chi connectivity index (χ1v) is 5.47. The van der Waals surface area contributed by atoms with Gasteiger partial charge < -0.3 is 10.1 Å². The highest BCUT2D eigenvalue weighted by Crippen LogP contribution is 2.35. The lowest BCUT2D eigenvalue weighted by Crippen LogP contribution is -2.00. The van der Waals surface area contributed by atoms with Crippen LogP contribution in [0.3, 0.4) is 0 Å². The van der Waals surface area contributed by atoms with E-state index in [1.165, 1.54) is 6.33 Å². The normalized spacial score (nSPS) is 10.1. The van der Waals surface area contributed by atoms with Crippen LogP contribution in [0.15, 0.2) is 30.6 Å². The minimum atomic E-state index is 0.586. The SMILES string of the molecule is CNc1ncnc(-c2ccccc2Cl)c1OC. The number of methoxy groups -OCH3 is 1. The van der Waals surface area contributed by atoms with Crippen molar-refractivity contribution in [2.24, 2.45) is 0 Å². The second-order valence-corrected chi connectivity index (χ2v) is 3.74. The van der Waals surface area contributed by atoms with Crippen LogP contribution < -0.4 is 10.1 Å². The molecule has 1 aromatic heterocycles. The van der Waals surface area contributed by atoms with Crippen LogP contribution in [0.4, 0.5) is 5.82 Å². The quantitative estimate of drug-likeness (QED) is 0.909. The smallest absolute Gasteiger partial charge is 0.187 e. The highest BCUT2D eigenvalue weighted by molar-refractivity contribution is 6.33. The Morgan fingerprint density at radius 2 is 2.00 bits per heavy atom. The van der Waals surface area contributed by atoms with Gasteiger partial charge in [-0.2, -0.15) is 0 Å². The van der Waals surface area contributed by atoms with Gasteiger partial charge >= 0.3 is 0 Å². The standard InChI is InChI=1S/C12H12ClN3O/c1-14-12-11(17-2)10(15-7-16-12)8-5-3-4-6-9(8)13/h3-7H,1-2H3,(H,14,15,16). The van der Waals surface area contributed by atoms with Gasteiger partial charge in [0.15, 0.2) is 11.6 Å². The van der Waals surface area contributed by atoms with E-state index in [1.54, 1.807) is 14.2 Å². The molecule has 0 atom stereocenters.